The zero-order valence-corrected chi connectivity index (χ0v) is 14.1. The minimum absolute atomic E-state index is 0.141. The molecule has 1 saturated heterocycles. The summed E-state index contributed by atoms with van der Waals surface area (Å²) in [4.78, 5) is 23.0. The number of esters is 1. The predicted molar refractivity (Wildman–Crippen MR) is 92.8 cm³/mol. The molecule has 0 bridgehead atoms. The summed E-state index contributed by atoms with van der Waals surface area (Å²) >= 11 is 3.15. The van der Waals surface area contributed by atoms with Gasteiger partial charge in [0.1, 0.15) is 20.9 Å². The Hall–Kier alpha value is -1.92. The molecule has 0 spiro atoms. The maximum atomic E-state index is 11.7. The fourth-order valence-corrected chi connectivity index (χ4v) is 4.81. The molecule has 2 aromatic heterocycles. The standard InChI is InChI=1S/C17H14N2O2S2/c1-10-18-15(22-13-7-8-21-17(13)20)12-9-14(23-16(12)19-10)11-5-3-2-4-6-11/h2-6,9,13H,7-8H2,1H3/t13-/m1/s1. The summed E-state index contributed by atoms with van der Waals surface area (Å²) in [5.74, 6) is 0.589. The van der Waals surface area contributed by atoms with Crippen LogP contribution < -0.4 is 0 Å². The predicted octanol–water partition coefficient (Wildman–Crippen LogP) is 4.07. The lowest BCUT2D eigenvalue weighted by molar-refractivity contribution is -0.137. The van der Waals surface area contributed by atoms with Crippen molar-refractivity contribution < 1.29 is 9.53 Å². The molecule has 4 nitrogen and oxygen atoms in total. The molecule has 116 valence electrons. The van der Waals surface area contributed by atoms with E-state index in [1.165, 1.54) is 17.3 Å². The van der Waals surface area contributed by atoms with E-state index in [9.17, 15) is 4.79 Å². The molecule has 0 N–H and O–H groups in total. The van der Waals surface area contributed by atoms with Gasteiger partial charge in [-0.3, -0.25) is 4.79 Å². The summed E-state index contributed by atoms with van der Waals surface area (Å²) in [5.41, 5.74) is 1.17. The molecule has 3 heterocycles. The molecule has 4 rings (SSSR count). The van der Waals surface area contributed by atoms with Crippen LogP contribution in [-0.4, -0.2) is 27.8 Å². The van der Waals surface area contributed by atoms with E-state index < -0.39 is 0 Å². The summed E-state index contributed by atoms with van der Waals surface area (Å²) < 4.78 is 5.05. The number of carbonyl (C=O) groups excluding carboxylic acids is 1. The second-order valence-electron chi connectivity index (χ2n) is 5.33. The lowest BCUT2D eigenvalue weighted by Crippen LogP contribution is -2.10. The highest BCUT2D eigenvalue weighted by Gasteiger charge is 2.29. The molecule has 0 aliphatic carbocycles. The maximum Gasteiger partial charge on any atom is 0.319 e. The second kappa shape index (κ2) is 5.94. The molecule has 1 aliphatic heterocycles. The van der Waals surface area contributed by atoms with Crippen LogP contribution in [0.15, 0.2) is 41.4 Å². The van der Waals surface area contributed by atoms with Crippen molar-refractivity contribution in [2.75, 3.05) is 6.61 Å². The number of hydrogen-bond donors (Lipinski definition) is 0. The summed E-state index contributed by atoms with van der Waals surface area (Å²) in [6.07, 6.45) is 0.740. The van der Waals surface area contributed by atoms with E-state index in [1.54, 1.807) is 11.3 Å². The van der Waals surface area contributed by atoms with Crippen molar-refractivity contribution in [3.8, 4) is 10.4 Å². The second-order valence-corrected chi connectivity index (χ2v) is 7.56. The van der Waals surface area contributed by atoms with E-state index in [0.29, 0.717) is 6.61 Å². The van der Waals surface area contributed by atoms with Gasteiger partial charge >= 0.3 is 5.97 Å². The molecule has 1 atom stereocenters. The first-order chi connectivity index (χ1) is 11.2. The normalized spacial score (nSPS) is 17.6. The number of aryl methyl sites for hydroxylation is 1. The highest BCUT2D eigenvalue weighted by molar-refractivity contribution is 8.00. The van der Waals surface area contributed by atoms with Gasteiger partial charge in [0.25, 0.3) is 0 Å². The van der Waals surface area contributed by atoms with Crippen LogP contribution in [0.3, 0.4) is 0 Å². The monoisotopic (exact) mass is 342 g/mol. The third-order valence-electron chi connectivity index (χ3n) is 3.67. The third-order valence-corrected chi connectivity index (χ3v) is 5.99. The van der Waals surface area contributed by atoms with Gasteiger partial charge < -0.3 is 4.74 Å². The topological polar surface area (TPSA) is 52.1 Å². The fraction of sp³-hybridized carbons (Fsp3) is 0.235. The maximum absolute atomic E-state index is 11.7. The Morgan fingerprint density at radius 2 is 2.09 bits per heavy atom. The van der Waals surface area contributed by atoms with Crippen molar-refractivity contribution in [2.24, 2.45) is 0 Å². The minimum Gasteiger partial charge on any atom is -0.465 e. The smallest absolute Gasteiger partial charge is 0.319 e. The number of thioether (sulfide) groups is 1. The van der Waals surface area contributed by atoms with Crippen molar-refractivity contribution in [3.63, 3.8) is 0 Å². The Kier molecular flexibility index (Phi) is 3.79. The number of rotatable bonds is 3. The van der Waals surface area contributed by atoms with Gasteiger partial charge in [-0.25, -0.2) is 9.97 Å². The molecule has 0 amide bonds. The van der Waals surface area contributed by atoms with Gasteiger partial charge in [-0.05, 0) is 18.6 Å². The number of hydrogen-bond acceptors (Lipinski definition) is 6. The van der Waals surface area contributed by atoms with Gasteiger partial charge in [0, 0.05) is 16.7 Å². The third kappa shape index (κ3) is 2.84. The summed E-state index contributed by atoms with van der Waals surface area (Å²) in [7, 11) is 0. The van der Waals surface area contributed by atoms with Crippen LogP contribution in [-0.2, 0) is 9.53 Å². The first kappa shape index (κ1) is 14.7. The average molecular weight is 342 g/mol. The van der Waals surface area contributed by atoms with Crippen LogP contribution in [0.4, 0.5) is 0 Å². The molecule has 1 aliphatic rings. The molecule has 0 radical (unpaired) electrons. The average Bonchev–Trinajstić information content (AvgIpc) is 3.15. The first-order valence-electron chi connectivity index (χ1n) is 7.37. The summed E-state index contributed by atoms with van der Waals surface area (Å²) in [6, 6.07) is 12.4. The van der Waals surface area contributed by atoms with Crippen molar-refractivity contribution >= 4 is 39.3 Å². The molecule has 0 unspecified atom stereocenters. The number of aromatic nitrogens is 2. The van der Waals surface area contributed by atoms with Crippen LogP contribution in [0.2, 0.25) is 0 Å². The van der Waals surface area contributed by atoms with Gasteiger partial charge in [-0.2, -0.15) is 0 Å². The van der Waals surface area contributed by atoms with E-state index in [0.717, 1.165) is 32.4 Å². The Morgan fingerprint density at radius 1 is 1.26 bits per heavy atom. The number of thiophene rings is 1. The number of fused-ring (bicyclic) bond motifs is 1. The summed E-state index contributed by atoms with van der Waals surface area (Å²) in [5, 5.41) is 1.73. The van der Waals surface area contributed by atoms with Crippen LogP contribution in [0, 0.1) is 6.92 Å². The van der Waals surface area contributed by atoms with Crippen LogP contribution in [0.5, 0.6) is 0 Å². The highest BCUT2D eigenvalue weighted by atomic mass is 32.2. The number of carbonyl (C=O) groups is 1. The molecule has 23 heavy (non-hydrogen) atoms. The van der Waals surface area contributed by atoms with Crippen LogP contribution in [0.1, 0.15) is 12.2 Å². The molecule has 0 saturated carbocycles. The molecular weight excluding hydrogens is 328 g/mol. The van der Waals surface area contributed by atoms with Gasteiger partial charge in [-0.15, -0.1) is 11.3 Å². The molecule has 3 aromatic rings. The van der Waals surface area contributed by atoms with Gasteiger partial charge in [0.15, 0.2) is 0 Å². The van der Waals surface area contributed by atoms with Crippen molar-refractivity contribution in [2.45, 2.75) is 23.6 Å². The van der Waals surface area contributed by atoms with Gasteiger partial charge in [-0.1, -0.05) is 42.1 Å². The number of cyclic esters (lactones) is 1. The Labute approximate surface area is 141 Å². The highest BCUT2D eigenvalue weighted by Crippen LogP contribution is 2.39. The van der Waals surface area contributed by atoms with E-state index >= 15 is 0 Å². The van der Waals surface area contributed by atoms with Crippen molar-refractivity contribution in [1.29, 1.82) is 0 Å². The first-order valence-corrected chi connectivity index (χ1v) is 9.07. The summed E-state index contributed by atoms with van der Waals surface area (Å²) in [6.45, 7) is 2.39. The van der Waals surface area contributed by atoms with Gasteiger partial charge in [0.05, 0.1) is 6.61 Å². The molecule has 1 fully saturated rings. The van der Waals surface area contributed by atoms with E-state index in [-0.39, 0.29) is 11.2 Å². The molecule has 1 aromatic carbocycles. The van der Waals surface area contributed by atoms with E-state index in [1.807, 2.05) is 25.1 Å². The largest absolute Gasteiger partial charge is 0.465 e. The van der Waals surface area contributed by atoms with Crippen molar-refractivity contribution in [3.05, 3.63) is 42.2 Å². The zero-order valence-electron chi connectivity index (χ0n) is 12.5. The van der Waals surface area contributed by atoms with Gasteiger partial charge in [0.2, 0.25) is 0 Å². The lowest BCUT2D eigenvalue weighted by Gasteiger charge is -2.06. The van der Waals surface area contributed by atoms with Crippen LogP contribution >= 0.6 is 23.1 Å². The van der Waals surface area contributed by atoms with Crippen LogP contribution in [0.25, 0.3) is 20.7 Å². The Balaban J connectivity index is 1.78. The minimum atomic E-state index is -0.160. The molecule has 6 heteroatoms. The quantitative estimate of drug-likeness (QED) is 0.530. The Morgan fingerprint density at radius 3 is 2.83 bits per heavy atom. The fourth-order valence-electron chi connectivity index (χ4n) is 2.55. The SMILES string of the molecule is Cc1nc(S[C@@H]2CCOC2=O)c2cc(-c3ccccc3)sc2n1. The Bertz CT molecular complexity index is 877. The van der Waals surface area contributed by atoms with E-state index in [4.69, 9.17) is 4.74 Å². The number of ether oxygens (including phenoxy) is 1. The van der Waals surface area contributed by atoms with E-state index in [2.05, 4.69) is 28.2 Å². The number of benzene rings is 1. The number of nitrogens with zero attached hydrogens (tertiary/aromatic N) is 2. The molecular formula is C17H14N2O2S2. The van der Waals surface area contributed by atoms with Crippen molar-refractivity contribution in [1.82, 2.24) is 9.97 Å². The zero-order chi connectivity index (χ0) is 15.8. The lowest BCUT2D eigenvalue weighted by atomic mass is 10.2.